The molecule has 3 nitrogen and oxygen atoms in total. The smallest absolute Gasteiger partial charge is 1.00 e. The summed E-state index contributed by atoms with van der Waals surface area (Å²) >= 11 is 0. The van der Waals surface area contributed by atoms with E-state index in [1.807, 2.05) is 0 Å². The molecule has 0 aliphatic carbocycles. The summed E-state index contributed by atoms with van der Waals surface area (Å²) < 4.78 is 0. The van der Waals surface area contributed by atoms with Crippen molar-refractivity contribution >= 4 is 0 Å². The first-order valence-electron chi connectivity index (χ1n) is 0. The van der Waals surface area contributed by atoms with E-state index in [1.54, 1.807) is 0 Å². The van der Waals surface area contributed by atoms with Crippen molar-refractivity contribution in [3.8, 4) is 0 Å². The number of halogens is 6. The summed E-state index contributed by atoms with van der Waals surface area (Å²) in [6, 6.07) is 0. The molecule has 0 unspecified atom stereocenters. The molecule has 0 aromatic carbocycles. The molecular formula is H9F6O3Ti. The predicted molar refractivity (Wildman–Crippen MR) is 14.6 cm³/mol. The summed E-state index contributed by atoms with van der Waals surface area (Å²) in [7, 11) is 0. The van der Waals surface area contributed by atoms with Crippen LogP contribution in [0.25, 0.3) is 0 Å². The first kappa shape index (κ1) is 28200. The molecule has 0 saturated carbocycles. The second kappa shape index (κ2) is 20200. The molecule has 0 atom stereocenters. The van der Waals surface area contributed by atoms with E-state index in [-0.39, 0.29) is 66.4 Å². The number of hydrogen-bond donors (Lipinski definition) is 0. The van der Waals surface area contributed by atoms with Crippen LogP contribution in [0.15, 0.2) is 0 Å². The molecule has 10 heavy (non-hydrogen) atoms. The largest absolute Gasteiger partial charge is 3.00 e. The normalized spacial score (nSPS) is 0. The van der Waals surface area contributed by atoms with Gasteiger partial charge < -0.3 is 44.7 Å². The van der Waals surface area contributed by atoms with Gasteiger partial charge in [-0.2, -0.15) is 0 Å². The summed E-state index contributed by atoms with van der Waals surface area (Å²) in [4.78, 5) is 0. The molecule has 0 saturated heterocycles. The van der Waals surface area contributed by atoms with Gasteiger partial charge in [0.1, 0.15) is 0 Å². The summed E-state index contributed by atoms with van der Waals surface area (Å²) in [5, 5.41) is 0. The van der Waals surface area contributed by atoms with Gasteiger partial charge in [0.2, 0.25) is 0 Å². The van der Waals surface area contributed by atoms with E-state index in [0.29, 0.717) is 0 Å². The van der Waals surface area contributed by atoms with Gasteiger partial charge in [-0.1, -0.05) is 0 Å². The number of hydrogen-bond acceptors (Lipinski definition) is 0. The number of rotatable bonds is 0. The molecule has 10 heteroatoms. The zero-order valence-electron chi connectivity index (χ0n) is 4.50. The molecule has 0 aromatic heterocycles. The molecule has 0 fully saturated rings. The topological polar surface area (TPSA) is 99.0 Å². The van der Waals surface area contributed by atoms with Crippen LogP contribution < -0.4 is 28.2 Å². The summed E-state index contributed by atoms with van der Waals surface area (Å²) in [5.74, 6) is 0. The Morgan fingerprint density at radius 3 is 0.300 bits per heavy atom. The van der Waals surface area contributed by atoms with Crippen LogP contribution >= 0.6 is 0 Å². The molecule has 0 rings (SSSR count). The van der Waals surface area contributed by atoms with Gasteiger partial charge in [0.05, 0.1) is 0 Å². The molecule has 0 amide bonds. The zero-order valence-corrected chi connectivity index (χ0v) is 6.06. The SMILES string of the molecule is [F-].[F-].[F-].[F-].[F-].[F-].[OH3+].[OH3+].[OH3+].[Ti+3]. The van der Waals surface area contributed by atoms with Gasteiger partial charge in [-0.05, 0) is 0 Å². The van der Waals surface area contributed by atoms with E-state index in [0.717, 1.165) is 0 Å². The minimum absolute atomic E-state index is 0. The maximum atomic E-state index is 0. The van der Waals surface area contributed by atoms with Crippen molar-refractivity contribution in [2.45, 2.75) is 0 Å². The van der Waals surface area contributed by atoms with Crippen LogP contribution in [-0.2, 0) is 38.1 Å². The second-order valence-electron chi connectivity index (χ2n) is 0. The van der Waals surface area contributed by atoms with Crippen LogP contribution in [0.4, 0.5) is 0 Å². The Morgan fingerprint density at radius 1 is 0.300 bits per heavy atom. The fourth-order valence-electron chi connectivity index (χ4n) is 0. The monoisotopic (exact) mass is 219 g/mol. The first-order valence-corrected chi connectivity index (χ1v) is 0. The van der Waals surface area contributed by atoms with Crippen molar-refractivity contribution in [2.24, 2.45) is 0 Å². The third-order valence-electron chi connectivity index (χ3n) is 0. The zero-order chi connectivity index (χ0) is 0. The van der Waals surface area contributed by atoms with Crippen molar-refractivity contribution < 1.29 is 66.4 Å². The molecule has 0 bridgehead atoms. The van der Waals surface area contributed by atoms with Crippen LogP contribution in [0.3, 0.4) is 0 Å². The Labute approximate surface area is 67.2 Å². The molecule has 0 aromatic rings. The third-order valence-corrected chi connectivity index (χ3v) is 0. The Bertz CT molecular complexity index is 13.0. The molecule has 1 radical (unpaired) electrons. The van der Waals surface area contributed by atoms with E-state index < -0.39 is 0 Å². The summed E-state index contributed by atoms with van der Waals surface area (Å²) in [6.45, 7) is 0. The average molecular weight is 219 g/mol. The van der Waals surface area contributed by atoms with Crippen LogP contribution in [0.1, 0.15) is 0 Å². The minimum atomic E-state index is 0. The van der Waals surface area contributed by atoms with Gasteiger partial charge in [0, 0.05) is 0 Å². The fraction of sp³-hybridized carbons (Fsp3) is 0. The molecule has 0 spiro atoms. The third kappa shape index (κ3) is 13900. The minimum Gasteiger partial charge on any atom is -1.00 e. The second-order valence-corrected chi connectivity index (χ2v) is 0. The van der Waals surface area contributed by atoms with Crippen molar-refractivity contribution in [3.63, 3.8) is 0 Å². The Kier molecular flexibility index (Phi) is 56900000. The summed E-state index contributed by atoms with van der Waals surface area (Å²) in [5.41, 5.74) is 0. The van der Waals surface area contributed by atoms with Gasteiger partial charge in [-0.25, -0.2) is 0 Å². The molecule has 0 aliphatic heterocycles. The predicted octanol–water partition coefficient (Wildman–Crippen LogP) is -20.7. The molecule has 9 N–H and O–H groups in total. The Morgan fingerprint density at radius 2 is 0.300 bits per heavy atom. The van der Waals surface area contributed by atoms with E-state index in [9.17, 15) is 0 Å². The first-order chi connectivity index (χ1) is 0. The van der Waals surface area contributed by atoms with Gasteiger partial charge in [0.25, 0.3) is 0 Å². The molecule has 0 aliphatic rings. The average Bonchev–Trinajstić information content (AvgIpc) is 0. The quantitative estimate of drug-likeness (QED) is 0.219. The van der Waals surface area contributed by atoms with Gasteiger partial charge >= 0.3 is 21.7 Å². The van der Waals surface area contributed by atoms with Gasteiger partial charge in [0.15, 0.2) is 0 Å². The van der Waals surface area contributed by atoms with E-state index in [2.05, 4.69) is 0 Å². The maximum absolute atomic E-state index is 0. The fourth-order valence-corrected chi connectivity index (χ4v) is 0. The van der Waals surface area contributed by atoms with Gasteiger partial charge in [-0.3, -0.25) is 0 Å². The van der Waals surface area contributed by atoms with Crippen molar-refractivity contribution in [1.29, 1.82) is 0 Å². The Balaban J connectivity index is 0. The molecular weight excluding hydrogens is 210 g/mol. The van der Waals surface area contributed by atoms with E-state index in [4.69, 9.17) is 0 Å². The standard InChI is InChI=1S/6FH.3H2O.Ti/h6*1H;3*1H2;/q;;;;;;;;;+3/p-3. The van der Waals surface area contributed by atoms with Crippen LogP contribution in [0.5, 0.6) is 0 Å². The molecule has 0 heterocycles. The van der Waals surface area contributed by atoms with E-state index in [1.165, 1.54) is 0 Å². The summed E-state index contributed by atoms with van der Waals surface area (Å²) in [6.07, 6.45) is 0. The van der Waals surface area contributed by atoms with Crippen molar-refractivity contribution in [1.82, 2.24) is 0 Å². The molecule has 73 valence electrons. The van der Waals surface area contributed by atoms with Crippen LogP contribution in [0.2, 0.25) is 0 Å². The van der Waals surface area contributed by atoms with Gasteiger partial charge in [-0.15, -0.1) is 0 Å². The Hall–Kier alpha value is 0.174. The van der Waals surface area contributed by atoms with E-state index >= 15 is 0 Å². The van der Waals surface area contributed by atoms with Crippen LogP contribution in [0, 0.1) is 0 Å². The van der Waals surface area contributed by atoms with Crippen LogP contribution in [-0.4, -0.2) is 0 Å². The maximum Gasteiger partial charge on any atom is 3.00 e. The van der Waals surface area contributed by atoms with Crippen molar-refractivity contribution in [3.05, 3.63) is 0 Å². The van der Waals surface area contributed by atoms with Crippen molar-refractivity contribution in [2.75, 3.05) is 0 Å².